The minimum atomic E-state index is -0.944. The third-order valence-electron chi connectivity index (χ3n) is 1.83. The molecule has 14 heavy (non-hydrogen) atoms. The molecule has 0 aromatic heterocycles. The molecule has 0 atom stereocenters. The number of hydrogen-bond donors (Lipinski definition) is 0. The molecule has 0 saturated carbocycles. The zero-order valence-electron chi connectivity index (χ0n) is 7.24. The highest BCUT2D eigenvalue weighted by Gasteiger charge is 2.23. The molecule has 0 aliphatic heterocycles. The molecule has 0 aliphatic carbocycles. The summed E-state index contributed by atoms with van der Waals surface area (Å²) in [7, 11) is 0. The molecule has 2 nitrogen and oxygen atoms in total. The van der Waals surface area contributed by atoms with E-state index in [2.05, 4.69) is 0 Å². The Labute approximate surface area is 91.8 Å². The van der Waals surface area contributed by atoms with Gasteiger partial charge in [0.2, 0.25) is 10.5 Å². The smallest absolute Gasteiger partial charge is 0.233 e. The van der Waals surface area contributed by atoms with E-state index < -0.39 is 16.4 Å². The minimum absolute atomic E-state index is 0.255. The zero-order valence-corrected chi connectivity index (χ0v) is 8.76. The number of carbonyl (C=O) groups is 2. The Morgan fingerprint density at radius 3 is 2.00 bits per heavy atom. The van der Waals surface area contributed by atoms with Gasteiger partial charge in [0.15, 0.2) is 0 Å². The molecule has 1 aromatic rings. The van der Waals surface area contributed by atoms with Crippen molar-refractivity contribution < 1.29 is 9.59 Å². The Hall–Kier alpha value is -0.860. The van der Waals surface area contributed by atoms with Crippen molar-refractivity contribution in [3.8, 4) is 0 Å². The lowest BCUT2D eigenvalue weighted by Crippen LogP contribution is -2.18. The molecule has 0 aliphatic rings. The van der Waals surface area contributed by atoms with E-state index in [9.17, 15) is 9.59 Å². The van der Waals surface area contributed by atoms with Crippen molar-refractivity contribution in [1.29, 1.82) is 0 Å². The second-order valence-corrected chi connectivity index (χ2v) is 3.60. The molecular weight excluding hydrogens is 223 g/mol. The predicted molar refractivity (Wildman–Crippen MR) is 55.4 cm³/mol. The maximum Gasteiger partial charge on any atom is 0.233 e. The fraction of sp³-hybridized carbons (Fsp3) is 0.200. The van der Waals surface area contributed by atoms with Crippen molar-refractivity contribution in [2.45, 2.75) is 6.42 Å². The van der Waals surface area contributed by atoms with Gasteiger partial charge in [-0.3, -0.25) is 9.59 Å². The lowest BCUT2D eigenvalue weighted by molar-refractivity contribution is -0.123. The molecule has 0 N–H and O–H groups in total. The fourth-order valence-electron chi connectivity index (χ4n) is 1.10. The lowest BCUT2D eigenvalue weighted by Gasteiger charge is -2.06. The van der Waals surface area contributed by atoms with Crippen LogP contribution in [-0.4, -0.2) is 10.5 Å². The van der Waals surface area contributed by atoms with E-state index in [0.717, 1.165) is 5.56 Å². The van der Waals surface area contributed by atoms with Gasteiger partial charge in [-0.2, -0.15) is 0 Å². The van der Waals surface area contributed by atoms with Gasteiger partial charge in [0.25, 0.3) is 0 Å². The van der Waals surface area contributed by atoms with Gasteiger partial charge in [-0.25, -0.2) is 0 Å². The number of rotatable bonds is 4. The zero-order chi connectivity index (χ0) is 10.6. The van der Waals surface area contributed by atoms with Crippen molar-refractivity contribution in [2.24, 2.45) is 5.92 Å². The number of hydrogen-bond acceptors (Lipinski definition) is 2. The van der Waals surface area contributed by atoms with Crippen LogP contribution in [0.2, 0.25) is 0 Å². The molecule has 74 valence electrons. The first-order valence-corrected chi connectivity index (χ1v) is 4.79. The lowest BCUT2D eigenvalue weighted by atomic mass is 10.0. The van der Waals surface area contributed by atoms with Crippen LogP contribution < -0.4 is 0 Å². The van der Waals surface area contributed by atoms with Crippen LogP contribution in [0.4, 0.5) is 0 Å². The largest absolute Gasteiger partial charge is 0.280 e. The van der Waals surface area contributed by atoms with Crippen molar-refractivity contribution in [1.82, 2.24) is 0 Å². The van der Waals surface area contributed by atoms with Crippen LogP contribution in [0.25, 0.3) is 0 Å². The Balaban J connectivity index is 2.75. The third-order valence-corrected chi connectivity index (χ3v) is 2.36. The fourth-order valence-corrected chi connectivity index (χ4v) is 1.51. The third kappa shape index (κ3) is 3.13. The highest BCUT2D eigenvalue weighted by atomic mass is 35.5. The van der Waals surface area contributed by atoms with E-state index in [1.807, 2.05) is 30.3 Å². The van der Waals surface area contributed by atoms with Gasteiger partial charge in [0.1, 0.15) is 5.92 Å². The van der Waals surface area contributed by atoms with E-state index in [4.69, 9.17) is 23.2 Å². The Morgan fingerprint density at radius 1 is 1.07 bits per heavy atom. The molecule has 0 bridgehead atoms. The second-order valence-electron chi connectivity index (χ2n) is 2.85. The summed E-state index contributed by atoms with van der Waals surface area (Å²) < 4.78 is 0. The average Bonchev–Trinajstić information content (AvgIpc) is 2.15. The van der Waals surface area contributed by atoms with Crippen molar-refractivity contribution in [3.63, 3.8) is 0 Å². The van der Waals surface area contributed by atoms with Gasteiger partial charge < -0.3 is 0 Å². The maximum atomic E-state index is 10.8. The van der Waals surface area contributed by atoms with E-state index >= 15 is 0 Å². The van der Waals surface area contributed by atoms with E-state index in [0.29, 0.717) is 0 Å². The highest BCUT2D eigenvalue weighted by molar-refractivity contribution is 6.73. The molecule has 0 heterocycles. The topological polar surface area (TPSA) is 34.1 Å². The number of halogens is 2. The number of benzene rings is 1. The Bertz CT molecular complexity index is 321. The van der Waals surface area contributed by atoms with Gasteiger partial charge in [-0.15, -0.1) is 0 Å². The summed E-state index contributed by atoms with van der Waals surface area (Å²) in [6.45, 7) is 0. The van der Waals surface area contributed by atoms with Gasteiger partial charge in [-0.1, -0.05) is 30.3 Å². The molecule has 4 heteroatoms. The highest BCUT2D eigenvalue weighted by Crippen LogP contribution is 2.14. The van der Waals surface area contributed by atoms with E-state index in [1.165, 1.54) is 0 Å². The molecule has 1 aromatic carbocycles. The predicted octanol–water partition coefficient (Wildman–Crippen LogP) is 2.38. The quantitative estimate of drug-likeness (QED) is 0.588. The monoisotopic (exact) mass is 230 g/mol. The summed E-state index contributed by atoms with van der Waals surface area (Å²) in [6, 6.07) is 9.12. The first-order chi connectivity index (χ1) is 6.61. The van der Waals surface area contributed by atoms with Crippen LogP contribution in [0, 0.1) is 5.92 Å². The Morgan fingerprint density at radius 2 is 1.57 bits per heavy atom. The summed E-state index contributed by atoms with van der Waals surface area (Å²) in [5, 5.41) is -1.43. The van der Waals surface area contributed by atoms with Gasteiger partial charge in [0.05, 0.1) is 0 Å². The maximum absolute atomic E-state index is 10.8. The summed E-state index contributed by atoms with van der Waals surface area (Å²) in [6.07, 6.45) is 0.255. The average molecular weight is 231 g/mol. The van der Waals surface area contributed by atoms with Crippen LogP contribution in [0.15, 0.2) is 30.3 Å². The first-order valence-electron chi connectivity index (χ1n) is 4.04. The van der Waals surface area contributed by atoms with Crippen molar-refractivity contribution in [3.05, 3.63) is 35.9 Å². The number of carbonyl (C=O) groups excluding carboxylic acids is 2. The van der Waals surface area contributed by atoms with Gasteiger partial charge >= 0.3 is 0 Å². The molecule has 0 saturated heterocycles. The van der Waals surface area contributed by atoms with Crippen LogP contribution in [0.1, 0.15) is 5.56 Å². The van der Waals surface area contributed by atoms with E-state index in [-0.39, 0.29) is 6.42 Å². The van der Waals surface area contributed by atoms with Crippen molar-refractivity contribution >= 4 is 33.7 Å². The standard InChI is InChI=1S/C10H8Cl2O2/c11-9(13)8(10(12)14)6-7-4-2-1-3-5-7/h1-5,8H,6H2. The van der Waals surface area contributed by atoms with Crippen LogP contribution in [-0.2, 0) is 16.0 Å². The SMILES string of the molecule is O=C(Cl)C(Cc1ccccc1)C(=O)Cl. The minimum Gasteiger partial charge on any atom is -0.280 e. The van der Waals surface area contributed by atoms with Gasteiger partial charge in [-0.05, 0) is 35.2 Å². The summed E-state index contributed by atoms with van der Waals surface area (Å²) in [5.74, 6) is -0.944. The molecule has 0 unspecified atom stereocenters. The molecule has 0 amide bonds. The summed E-state index contributed by atoms with van der Waals surface area (Å²) in [5.41, 5.74) is 0.862. The van der Waals surface area contributed by atoms with Crippen LogP contribution in [0.3, 0.4) is 0 Å². The molecular formula is C10H8Cl2O2. The Kier molecular flexibility index (Phi) is 4.11. The van der Waals surface area contributed by atoms with Crippen LogP contribution in [0.5, 0.6) is 0 Å². The molecule has 0 radical (unpaired) electrons. The molecule has 0 fully saturated rings. The van der Waals surface area contributed by atoms with Crippen LogP contribution >= 0.6 is 23.2 Å². The normalized spacial score (nSPS) is 10.2. The summed E-state index contributed by atoms with van der Waals surface area (Å²) in [4.78, 5) is 21.7. The van der Waals surface area contributed by atoms with Crippen molar-refractivity contribution in [2.75, 3.05) is 0 Å². The van der Waals surface area contributed by atoms with Gasteiger partial charge in [0, 0.05) is 0 Å². The second kappa shape index (κ2) is 5.13. The molecule has 0 spiro atoms. The summed E-state index contributed by atoms with van der Waals surface area (Å²) >= 11 is 10.5. The van der Waals surface area contributed by atoms with E-state index in [1.54, 1.807) is 0 Å². The molecule has 1 rings (SSSR count). The first kappa shape index (κ1) is 11.2.